The molecule has 0 bridgehead atoms. The lowest BCUT2D eigenvalue weighted by Crippen LogP contribution is -2.62. The standard InChI is InChI=1S/C14H26N2O.ClH/c1-2-5-14(6-3-1)12-15-7-8-16(14)10-13-4-9-17-11-13;/h13,15H,1-12H2;1H. The van der Waals surface area contributed by atoms with Crippen molar-refractivity contribution in [2.75, 3.05) is 39.4 Å². The van der Waals surface area contributed by atoms with Crippen LogP contribution < -0.4 is 5.32 Å². The molecule has 3 fully saturated rings. The Balaban J connectivity index is 0.00000120. The highest BCUT2D eigenvalue weighted by Crippen LogP contribution is 2.35. The van der Waals surface area contributed by atoms with E-state index in [-0.39, 0.29) is 12.4 Å². The Kier molecular flexibility index (Phi) is 5.31. The van der Waals surface area contributed by atoms with Crippen molar-refractivity contribution in [1.82, 2.24) is 10.2 Å². The van der Waals surface area contributed by atoms with Crippen LogP contribution >= 0.6 is 12.4 Å². The number of nitrogens with zero attached hydrogens (tertiary/aromatic N) is 1. The molecule has 3 aliphatic rings. The molecular weight excluding hydrogens is 248 g/mol. The van der Waals surface area contributed by atoms with Crippen molar-refractivity contribution in [3.63, 3.8) is 0 Å². The molecule has 2 heterocycles. The zero-order valence-electron chi connectivity index (χ0n) is 11.3. The van der Waals surface area contributed by atoms with Gasteiger partial charge in [-0.1, -0.05) is 19.3 Å². The van der Waals surface area contributed by atoms with Crippen LogP contribution in [0.4, 0.5) is 0 Å². The number of hydrogen-bond donors (Lipinski definition) is 1. The molecule has 4 heteroatoms. The first-order chi connectivity index (χ1) is 8.39. The minimum absolute atomic E-state index is 0. The van der Waals surface area contributed by atoms with Gasteiger partial charge in [0.05, 0.1) is 6.61 Å². The molecule has 0 aromatic rings. The van der Waals surface area contributed by atoms with Crippen LogP contribution in [0.15, 0.2) is 0 Å². The Morgan fingerprint density at radius 3 is 2.78 bits per heavy atom. The summed E-state index contributed by atoms with van der Waals surface area (Å²) in [6.45, 7) is 6.91. The summed E-state index contributed by atoms with van der Waals surface area (Å²) in [5, 5.41) is 3.63. The Hall–Kier alpha value is 0.170. The van der Waals surface area contributed by atoms with Crippen molar-refractivity contribution in [2.45, 2.75) is 44.1 Å². The third kappa shape index (κ3) is 3.01. The van der Waals surface area contributed by atoms with E-state index in [1.807, 2.05) is 0 Å². The molecule has 1 saturated carbocycles. The maximum Gasteiger partial charge on any atom is 0.0507 e. The summed E-state index contributed by atoms with van der Waals surface area (Å²) < 4.78 is 5.53. The summed E-state index contributed by atoms with van der Waals surface area (Å²) in [5.74, 6) is 0.798. The van der Waals surface area contributed by atoms with Gasteiger partial charge in [0, 0.05) is 38.3 Å². The predicted molar refractivity (Wildman–Crippen MR) is 76.4 cm³/mol. The number of hydrogen-bond acceptors (Lipinski definition) is 3. The van der Waals surface area contributed by atoms with Crippen LogP contribution in [0.2, 0.25) is 0 Å². The lowest BCUT2D eigenvalue weighted by Gasteiger charge is -2.50. The molecule has 0 radical (unpaired) electrons. The summed E-state index contributed by atoms with van der Waals surface area (Å²) in [6, 6.07) is 0. The number of nitrogens with one attached hydrogen (secondary N) is 1. The number of halogens is 1. The van der Waals surface area contributed by atoms with Crippen molar-refractivity contribution in [3.05, 3.63) is 0 Å². The van der Waals surface area contributed by atoms with Crippen molar-refractivity contribution >= 4 is 12.4 Å². The molecule has 0 amide bonds. The smallest absolute Gasteiger partial charge is 0.0507 e. The molecule has 18 heavy (non-hydrogen) atoms. The average molecular weight is 275 g/mol. The zero-order valence-corrected chi connectivity index (χ0v) is 12.1. The minimum atomic E-state index is 0. The van der Waals surface area contributed by atoms with E-state index in [1.54, 1.807) is 0 Å². The molecule has 2 aliphatic heterocycles. The summed E-state index contributed by atoms with van der Waals surface area (Å²) >= 11 is 0. The molecular formula is C14H27ClN2O. The van der Waals surface area contributed by atoms with Crippen LogP contribution in [0.25, 0.3) is 0 Å². The number of ether oxygens (including phenoxy) is 1. The summed E-state index contributed by atoms with van der Waals surface area (Å²) in [7, 11) is 0. The molecule has 1 aliphatic carbocycles. The molecule has 1 N–H and O–H groups in total. The van der Waals surface area contributed by atoms with Gasteiger partial charge in [-0.25, -0.2) is 0 Å². The van der Waals surface area contributed by atoms with Crippen molar-refractivity contribution in [2.24, 2.45) is 5.92 Å². The third-order valence-electron chi connectivity index (χ3n) is 4.97. The highest BCUT2D eigenvalue weighted by Gasteiger charge is 2.40. The van der Waals surface area contributed by atoms with E-state index >= 15 is 0 Å². The van der Waals surface area contributed by atoms with Crippen molar-refractivity contribution in [3.8, 4) is 0 Å². The van der Waals surface area contributed by atoms with E-state index in [4.69, 9.17) is 4.74 Å². The Morgan fingerprint density at radius 1 is 1.22 bits per heavy atom. The fourth-order valence-electron chi connectivity index (χ4n) is 3.91. The molecule has 1 atom stereocenters. The molecule has 0 aromatic heterocycles. The van der Waals surface area contributed by atoms with Gasteiger partial charge in [0.1, 0.15) is 0 Å². The van der Waals surface area contributed by atoms with E-state index in [1.165, 1.54) is 64.7 Å². The molecule has 2 saturated heterocycles. The summed E-state index contributed by atoms with van der Waals surface area (Å²) in [4.78, 5) is 2.81. The predicted octanol–water partition coefficient (Wildman–Crippen LogP) is 2.05. The zero-order chi connectivity index (χ0) is 11.6. The van der Waals surface area contributed by atoms with Crippen LogP contribution in [0.5, 0.6) is 0 Å². The monoisotopic (exact) mass is 274 g/mol. The minimum Gasteiger partial charge on any atom is -0.381 e. The van der Waals surface area contributed by atoms with Crippen LogP contribution in [0.3, 0.4) is 0 Å². The maximum absolute atomic E-state index is 5.53. The van der Waals surface area contributed by atoms with Crippen LogP contribution in [0, 0.1) is 5.92 Å². The van der Waals surface area contributed by atoms with Crippen LogP contribution in [-0.2, 0) is 4.74 Å². The fourth-order valence-corrected chi connectivity index (χ4v) is 3.91. The van der Waals surface area contributed by atoms with Gasteiger partial charge in [-0.05, 0) is 25.2 Å². The van der Waals surface area contributed by atoms with Gasteiger partial charge < -0.3 is 10.1 Å². The van der Waals surface area contributed by atoms with E-state index in [0.29, 0.717) is 5.54 Å². The highest BCUT2D eigenvalue weighted by atomic mass is 35.5. The van der Waals surface area contributed by atoms with E-state index in [2.05, 4.69) is 10.2 Å². The normalized spacial score (nSPS) is 32.3. The van der Waals surface area contributed by atoms with Crippen LogP contribution in [-0.4, -0.2) is 49.8 Å². The molecule has 3 rings (SSSR count). The largest absolute Gasteiger partial charge is 0.381 e. The molecule has 3 nitrogen and oxygen atoms in total. The second-order valence-corrected chi connectivity index (χ2v) is 6.14. The quantitative estimate of drug-likeness (QED) is 0.834. The second-order valence-electron chi connectivity index (χ2n) is 6.14. The van der Waals surface area contributed by atoms with E-state index < -0.39 is 0 Å². The molecule has 106 valence electrons. The molecule has 0 aromatic carbocycles. The maximum atomic E-state index is 5.53. The van der Waals surface area contributed by atoms with Gasteiger partial charge in [-0.3, -0.25) is 4.90 Å². The Morgan fingerprint density at radius 2 is 2.06 bits per heavy atom. The molecule has 1 spiro atoms. The van der Waals surface area contributed by atoms with Gasteiger partial charge >= 0.3 is 0 Å². The number of rotatable bonds is 2. The fraction of sp³-hybridized carbons (Fsp3) is 1.00. The SMILES string of the molecule is C1CCC2(CC1)CNCCN2CC1CCOC1.Cl. The first kappa shape index (κ1) is 14.6. The topological polar surface area (TPSA) is 24.5 Å². The first-order valence-electron chi connectivity index (χ1n) is 7.43. The Bertz CT molecular complexity index is 242. The number of piperazine rings is 1. The van der Waals surface area contributed by atoms with Gasteiger partial charge in [0.2, 0.25) is 0 Å². The van der Waals surface area contributed by atoms with Gasteiger partial charge in [0.15, 0.2) is 0 Å². The average Bonchev–Trinajstić information content (AvgIpc) is 2.86. The second kappa shape index (κ2) is 6.56. The van der Waals surface area contributed by atoms with Crippen molar-refractivity contribution in [1.29, 1.82) is 0 Å². The first-order valence-corrected chi connectivity index (χ1v) is 7.43. The summed E-state index contributed by atoms with van der Waals surface area (Å²) in [5.41, 5.74) is 0.499. The van der Waals surface area contributed by atoms with Crippen molar-refractivity contribution < 1.29 is 4.74 Å². The van der Waals surface area contributed by atoms with Gasteiger partial charge in [-0.15, -0.1) is 12.4 Å². The van der Waals surface area contributed by atoms with Gasteiger partial charge in [-0.2, -0.15) is 0 Å². The van der Waals surface area contributed by atoms with E-state index in [0.717, 1.165) is 19.1 Å². The third-order valence-corrected chi connectivity index (χ3v) is 4.97. The lowest BCUT2D eigenvalue weighted by atomic mass is 9.78. The Labute approximate surface area is 117 Å². The van der Waals surface area contributed by atoms with Gasteiger partial charge in [0.25, 0.3) is 0 Å². The van der Waals surface area contributed by atoms with Crippen LogP contribution in [0.1, 0.15) is 38.5 Å². The lowest BCUT2D eigenvalue weighted by molar-refractivity contribution is 0.0141. The highest BCUT2D eigenvalue weighted by molar-refractivity contribution is 5.85. The summed E-state index contributed by atoms with van der Waals surface area (Å²) in [6.07, 6.45) is 8.40. The van der Waals surface area contributed by atoms with E-state index in [9.17, 15) is 0 Å². The molecule has 1 unspecified atom stereocenters.